The van der Waals surface area contributed by atoms with E-state index in [1.807, 2.05) is 6.92 Å². The summed E-state index contributed by atoms with van der Waals surface area (Å²) in [5, 5.41) is 3.16. The van der Waals surface area contributed by atoms with E-state index < -0.39 is 0 Å². The molecule has 4 heteroatoms. The summed E-state index contributed by atoms with van der Waals surface area (Å²) in [4.78, 5) is 12.1. The fraction of sp³-hybridized carbons (Fsp3) is 0.938. The summed E-state index contributed by atoms with van der Waals surface area (Å²) >= 11 is 0. The van der Waals surface area contributed by atoms with Crippen molar-refractivity contribution in [2.75, 3.05) is 13.2 Å². The highest BCUT2D eigenvalue weighted by atomic mass is 16.5. The van der Waals surface area contributed by atoms with Gasteiger partial charge in [-0.2, -0.15) is 0 Å². The van der Waals surface area contributed by atoms with Gasteiger partial charge in [0.25, 0.3) is 0 Å². The highest BCUT2D eigenvalue weighted by Crippen LogP contribution is 2.42. The third-order valence-corrected chi connectivity index (χ3v) is 4.73. The minimum absolute atomic E-state index is 0.0401. The highest BCUT2D eigenvalue weighted by molar-refractivity contribution is 5.76. The SMILES string of the molecule is CCOC1CC(NC(=O)CCC(C)(C)CCN)C1(C)C. The predicted octanol–water partition coefficient (Wildman–Crippen LogP) is 2.46. The van der Waals surface area contributed by atoms with Crippen molar-refractivity contribution in [2.24, 2.45) is 16.6 Å². The van der Waals surface area contributed by atoms with Gasteiger partial charge < -0.3 is 15.8 Å². The lowest BCUT2D eigenvalue weighted by Crippen LogP contribution is -2.62. The fourth-order valence-corrected chi connectivity index (χ4v) is 2.85. The molecule has 0 heterocycles. The Labute approximate surface area is 123 Å². The van der Waals surface area contributed by atoms with Gasteiger partial charge in [0.15, 0.2) is 0 Å². The van der Waals surface area contributed by atoms with Crippen molar-refractivity contribution in [2.45, 2.75) is 72.4 Å². The molecular weight excluding hydrogens is 252 g/mol. The summed E-state index contributed by atoms with van der Waals surface area (Å²) in [5.74, 6) is 0.156. The van der Waals surface area contributed by atoms with Crippen LogP contribution in [0.1, 0.15) is 60.3 Å². The molecule has 1 aliphatic rings. The molecule has 0 bridgehead atoms. The summed E-state index contributed by atoms with van der Waals surface area (Å²) < 4.78 is 5.69. The van der Waals surface area contributed by atoms with Crippen LogP contribution in [0.25, 0.3) is 0 Å². The second kappa shape index (κ2) is 6.90. The van der Waals surface area contributed by atoms with Gasteiger partial charge in [-0.05, 0) is 38.1 Å². The molecule has 4 nitrogen and oxygen atoms in total. The Morgan fingerprint density at radius 2 is 2.05 bits per heavy atom. The summed E-state index contributed by atoms with van der Waals surface area (Å²) in [7, 11) is 0. The molecule has 0 radical (unpaired) electrons. The number of nitrogens with two attached hydrogens (primary N) is 1. The first-order chi connectivity index (χ1) is 9.23. The van der Waals surface area contributed by atoms with Gasteiger partial charge in [0.05, 0.1) is 6.10 Å². The van der Waals surface area contributed by atoms with E-state index in [2.05, 4.69) is 33.0 Å². The Morgan fingerprint density at radius 1 is 1.40 bits per heavy atom. The Morgan fingerprint density at radius 3 is 2.55 bits per heavy atom. The zero-order chi connectivity index (χ0) is 15.4. The first kappa shape index (κ1) is 17.4. The Bertz CT molecular complexity index is 326. The normalized spacial score (nSPS) is 25.1. The van der Waals surface area contributed by atoms with Crippen LogP contribution in [0.2, 0.25) is 0 Å². The number of carbonyl (C=O) groups excluding carboxylic acids is 1. The van der Waals surface area contributed by atoms with Crippen molar-refractivity contribution in [3.63, 3.8) is 0 Å². The largest absolute Gasteiger partial charge is 0.378 e. The lowest BCUT2D eigenvalue weighted by molar-refractivity contribution is -0.137. The van der Waals surface area contributed by atoms with Crippen molar-refractivity contribution in [3.8, 4) is 0 Å². The summed E-state index contributed by atoms with van der Waals surface area (Å²) in [6.45, 7) is 12.1. The molecule has 1 amide bonds. The van der Waals surface area contributed by atoms with Gasteiger partial charge in [0, 0.05) is 24.5 Å². The van der Waals surface area contributed by atoms with E-state index in [0.29, 0.717) is 13.0 Å². The number of rotatable bonds is 8. The topological polar surface area (TPSA) is 64.3 Å². The Hall–Kier alpha value is -0.610. The minimum atomic E-state index is 0.0401. The first-order valence-corrected chi connectivity index (χ1v) is 7.84. The van der Waals surface area contributed by atoms with Crippen molar-refractivity contribution in [1.29, 1.82) is 0 Å². The van der Waals surface area contributed by atoms with Gasteiger partial charge in [-0.15, -0.1) is 0 Å². The number of hydrogen-bond acceptors (Lipinski definition) is 3. The maximum absolute atomic E-state index is 12.1. The van der Waals surface area contributed by atoms with Crippen LogP contribution in [0.4, 0.5) is 0 Å². The maximum atomic E-state index is 12.1. The molecule has 1 aliphatic carbocycles. The van der Waals surface area contributed by atoms with Gasteiger partial charge in [-0.3, -0.25) is 4.79 Å². The summed E-state index contributed by atoms with van der Waals surface area (Å²) in [6, 6.07) is 0.240. The van der Waals surface area contributed by atoms with Crippen LogP contribution in [0.15, 0.2) is 0 Å². The zero-order valence-corrected chi connectivity index (χ0v) is 13.8. The average molecular weight is 284 g/mol. The summed E-state index contributed by atoms with van der Waals surface area (Å²) in [5.41, 5.74) is 5.79. The minimum Gasteiger partial charge on any atom is -0.378 e. The van der Waals surface area contributed by atoms with E-state index in [0.717, 1.165) is 25.9 Å². The second-order valence-electron chi connectivity index (χ2n) is 7.32. The van der Waals surface area contributed by atoms with E-state index in [9.17, 15) is 4.79 Å². The number of ether oxygens (including phenoxy) is 1. The van der Waals surface area contributed by atoms with Crippen LogP contribution in [-0.2, 0) is 9.53 Å². The number of nitrogens with one attached hydrogen (secondary N) is 1. The Balaban J connectivity index is 2.34. The lowest BCUT2D eigenvalue weighted by atomic mass is 9.64. The van der Waals surface area contributed by atoms with Crippen LogP contribution in [0.5, 0.6) is 0 Å². The molecule has 2 atom stereocenters. The summed E-state index contributed by atoms with van der Waals surface area (Å²) in [6.07, 6.45) is 3.63. The number of hydrogen-bond donors (Lipinski definition) is 2. The molecule has 2 unspecified atom stereocenters. The van der Waals surface area contributed by atoms with Crippen molar-refractivity contribution >= 4 is 5.91 Å². The molecule has 1 saturated carbocycles. The van der Waals surface area contributed by atoms with E-state index in [4.69, 9.17) is 10.5 Å². The molecule has 0 aromatic carbocycles. The van der Waals surface area contributed by atoms with Crippen LogP contribution in [0, 0.1) is 10.8 Å². The van der Waals surface area contributed by atoms with Gasteiger partial charge in [0.1, 0.15) is 0 Å². The second-order valence-corrected chi connectivity index (χ2v) is 7.32. The predicted molar refractivity (Wildman–Crippen MR) is 82.4 cm³/mol. The third kappa shape index (κ3) is 4.45. The van der Waals surface area contributed by atoms with Crippen molar-refractivity contribution in [3.05, 3.63) is 0 Å². The van der Waals surface area contributed by atoms with Gasteiger partial charge in [-0.1, -0.05) is 27.7 Å². The number of amides is 1. The van der Waals surface area contributed by atoms with Crippen molar-refractivity contribution in [1.82, 2.24) is 5.32 Å². The number of carbonyl (C=O) groups is 1. The quantitative estimate of drug-likeness (QED) is 0.719. The van der Waals surface area contributed by atoms with Crippen LogP contribution >= 0.6 is 0 Å². The highest BCUT2D eigenvalue weighted by Gasteiger charge is 2.49. The molecule has 0 saturated heterocycles. The molecule has 1 fully saturated rings. The smallest absolute Gasteiger partial charge is 0.220 e. The van der Waals surface area contributed by atoms with Gasteiger partial charge in [0.2, 0.25) is 5.91 Å². The third-order valence-electron chi connectivity index (χ3n) is 4.73. The molecule has 0 aromatic rings. The molecule has 0 aliphatic heterocycles. The van der Waals surface area contributed by atoms with E-state index in [1.54, 1.807) is 0 Å². The van der Waals surface area contributed by atoms with Crippen LogP contribution in [-0.4, -0.2) is 31.2 Å². The van der Waals surface area contributed by atoms with E-state index in [1.165, 1.54) is 0 Å². The molecule has 20 heavy (non-hydrogen) atoms. The molecule has 0 aromatic heterocycles. The lowest BCUT2D eigenvalue weighted by Gasteiger charge is -2.51. The first-order valence-electron chi connectivity index (χ1n) is 7.84. The standard InChI is InChI=1S/C16H32N2O2/c1-6-20-13-11-12(16(13,4)5)18-14(19)7-8-15(2,3)9-10-17/h12-13H,6-11,17H2,1-5H3,(H,18,19). The maximum Gasteiger partial charge on any atom is 0.220 e. The van der Waals surface area contributed by atoms with Crippen LogP contribution < -0.4 is 11.1 Å². The molecule has 0 spiro atoms. The van der Waals surface area contributed by atoms with E-state index >= 15 is 0 Å². The fourth-order valence-electron chi connectivity index (χ4n) is 2.85. The molecule has 118 valence electrons. The van der Waals surface area contributed by atoms with Gasteiger partial charge in [-0.25, -0.2) is 0 Å². The Kier molecular flexibility index (Phi) is 6.02. The monoisotopic (exact) mass is 284 g/mol. The van der Waals surface area contributed by atoms with Crippen LogP contribution in [0.3, 0.4) is 0 Å². The zero-order valence-electron chi connectivity index (χ0n) is 13.8. The van der Waals surface area contributed by atoms with Crippen molar-refractivity contribution < 1.29 is 9.53 Å². The van der Waals surface area contributed by atoms with Gasteiger partial charge >= 0.3 is 0 Å². The van der Waals surface area contributed by atoms with E-state index in [-0.39, 0.29) is 28.9 Å². The average Bonchev–Trinajstić information content (AvgIpc) is 2.35. The molecular formula is C16H32N2O2. The molecule has 1 rings (SSSR count). The molecule has 3 N–H and O–H groups in total.